The minimum absolute atomic E-state index is 0.0774. The van der Waals surface area contributed by atoms with E-state index in [4.69, 9.17) is 10.3 Å². The fraction of sp³-hybridized carbons (Fsp3) is 0.500. The van der Waals surface area contributed by atoms with Crippen molar-refractivity contribution in [1.82, 2.24) is 10.8 Å². The van der Waals surface area contributed by atoms with Crippen LogP contribution in [-0.4, -0.2) is 53.3 Å². The minimum atomic E-state index is -2.72. The number of hydrogen-bond acceptors (Lipinski definition) is 5. The lowest BCUT2D eigenvalue weighted by Gasteiger charge is -2.18. The summed E-state index contributed by atoms with van der Waals surface area (Å²) in [6, 6.07) is -2.33. The molecule has 0 aromatic carbocycles. The van der Waals surface area contributed by atoms with Crippen LogP contribution in [0.15, 0.2) is 12.2 Å². The minimum Gasteiger partial charge on any atom is -0.465 e. The molecule has 1 heterocycles. The second-order valence-corrected chi connectivity index (χ2v) is 4.40. The lowest BCUT2D eigenvalue weighted by molar-refractivity contribution is -0.523. The van der Waals surface area contributed by atoms with Crippen LogP contribution >= 0.6 is 0 Å². The number of hydroxylamine groups is 1. The Morgan fingerprint density at radius 3 is 2.50 bits per heavy atom. The van der Waals surface area contributed by atoms with E-state index >= 15 is 0 Å². The maximum Gasteiger partial charge on any atom is 0.459 e. The van der Waals surface area contributed by atoms with Crippen LogP contribution in [0.4, 0.5) is 4.79 Å². The van der Waals surface area contributed by atoms with E-state index in [2.05, 4.69) is 5.32 Å². The maximum atomic E-state index is 11.5. The molecule has 10 heteroatoms. The second-order valence-electron chi connectivity index (χ2n) is 3.50. The maximum absolute atomic E-state index is 11.5. The van der Waals surface area contributed by atoms with Crippen molar-refractivity contribution in [3.8, 4) is 0 Å². The third kappa shape index (κ3) is 3.28. The van der Waals surface area contributed by atoms with Crippen LogP contribution in [0.5, 0.6) is 0 Å². The van der Waals surface area contributed by atoms with Crippen LogP contribution in [0.25, 0.3) is 0 Å². The highest BCUT2D eigenvalue weighted by molar-refractivity contribution is 7.58. The van der Waals surface area contributed by atoms with Crippen LogP contribution in [0.1, 0.15) is 6.42 Å². The van der Waals surface area contributed by atoms with Gasteiger partial charge in [-0.1, -0.05) is 6.08 Å². The van der Waals surface area contributed by atoms with Gasteiger partial charge in [-0.3, -0.25) is 10.0 Å². The molecular formula is C8H12N3O6S+. The molecule has 9 nitrogen and oxygen atoms in total. The van der Waals surface area contributed by atoms with Gasteiger partial charge in [0, 0.05) is 0 Å². The average Bonchev–Trinajstić information content (AvgIpc) is 2.49. The first-order chi connectivity index (χ1) is 8.47. The van der Waals surface area contributed by atoms with Gasteiger partial charge in [-0.25, -0.2) is 10.3 Å². The number of rotatable bonds is 2. The molecule has 0 spiro atoms. The third-order valence-electron chi connectivity index (χ3n) is 2.41. The van der Waals surface area contributed by atoms with E-state index in [-0.39, 0.29) is 13.0 Å². The Hall–Kier alpha value is -1.94. The molecule has 1 rings (SSSR count). The number of carbonyl (C=O) groups is 2. The van der Waals surface area contributed by atoms with Crippen molar-refractivity contribution in [2.75, 3.05) is 6.54 Å². The van der Waals surface area contributed by atoms with Gasteiger partial charge in [-0.15, -0.1) is 12.4 Å². The van der Waals surface area contributed by atoms with Gasteiger partial charge in [0.25, 0.3) is 6.04 Å². The van der Waals surface area contributed by atoms with Crippen LogP contribution < -0.4 is 10.8 Å². The summed E-state index contributed by atoms with van der Waals surface area (Å²) in [6.45, 7) is -0.0774. The third-order valence-corrected chi connectivity index (χ3v) is 3.17. The number of nitrogens with one attached hydrogen (secondary N) is 2. The highest BCUT2D eigenvalue weighted by Crippen LogP contribution is 2.10. The lowest BCUT2D eigenvalue weighted by atomic mass is 10.1. The molecule has 0 saturated carbocycles. The quantitative estimate of drug-likeness (QED) is 0.211. The molecule has 2 atom stereocenters. The molecular weight excluding hydrogens is 266 g/mol. The monoisotopic (exact) mass is 278 g/mol. The topological polar surface area (TPSA) is 136 Å². The van der Waals surface area contributed by atoms with Crippen LogP contribution in [0, 0.1) is 0 Å². The van der Waals surface area contributed by atoms with Crippen molar-refractivity contribution < 1.29 is 32.3 Å². The predicted molar refractivity (Wildman–Crippen MR) is 56.5 cm³/mol. The Morgan fingerprint density at radius 2 is 2.00 bits per heavy atom. The van der Waals surface area contributed by atoms with Crippen molar-refractivity contribution in [2.45, 2.75) is 18.5 Å². The Bertz CT molecular complexity index is 503. The van der Waals surface area contributed by atoms with Crippen LogP contribution in [0.3, 0.4) is 0 Å². The number of amides is 2. The van der Waals surface area contributed by atoms with E-state index in [1.165, 1.54) is 11.6 Å². The number of carboxylic acid groups (broad SMARTS) is 1. The van der Waals surface area contributed by atoms with Gasteiger partial charge < -0.3 is 10.4 Å². The summed E-state index contributed by atoms with van der Waals surface area (Å²) in [7, 11) is -2.72. The molecule has 0 aromatic rings. The summed E-state index contributed by atoms with van der Waals surface area (Å²) >= 11 is 0. The van der Waals surface area contributed by atoms with Crippen molar-refractivity contribution in [3.05, 3.63) is 12.2 Å². The number of nitrogens with zero attached hydrogens (tertiary/aromatic N) is 1. The van der Waals surface area contributed by atoms with E-state index in [0.717, 1.165) is 3.95 Å². The van der Waals surface area contributed by atoms with Gasteiger partial charge in [0.1, 0.15) is 6.04 Å². The molecule has 100 valence electrons. The summed E-state index contributed by atoms with van der Waals surface area (Å²) in [5, 5.41) is 19.3. The SMILES string of the molecule is O=C(O)NC1CC=CC[N+](=S(=O)=O)C1C(=O)NO. The highest BCUT2D eigenvalue weighted by Gasteiger charge is 2.41. The zero-order valence-corrected chi connectivity index (χ0v) is 9.92. The van der Waals surface area contributed by atoms with Gasteiger partial charge in [-0.2, -0.15) is 0 Å². The Kier molecular flexibility index (Phi) is 4.80. The zero-order valence-electron chi connectivity index (χ0n) is 9.11. The standard InChI is InChI=1S/C8H11N3O6S/c12-7(10-15)6-5(9-8(13)14)3-1-2-4-11(6)18(16)17/h1-2,5-6,9H,3-4H2,(H2-,10,12,13,14,15)/p+1. The molecule has 2 amide bonds. The molecule has 4 N–H and O–H groups in total. The molecule has 2 unspecified atom stereocenters. The molecule has 0 fully saturated rings. The molecule has 1 aliphatic heterocycles. The molecule has 0 saturated heterocycles. The fourth-order valence-electron chi connectivity index (χ4n) is 1.69. The first-order valence-electron chi connectivity index (χ1n) is 4.91. The van der Waals surface area contributed by atoms with E-state index in [1.54, 1.807) is 6.08 Å². The van der Waals surface area contributed by atoms with Gasteiger partial charge in [0.15, 0.2) is 6.54 Å². The summed E-state index contributed by atoms with van der Waals surface area (Å²) in [5.74, 6) is -0.998. The first kappa shape index (κ1) is 14.1. The van der Waals surface area contributed by atoms with E-state index in [1.807, 2.05) is 0 Å². The molecule has 0 aromatic heterocycles. The summed E-state index contributed by atoms with van der Waals surface area (Å²) in [5.41, 5.74) is 1.34. The van der Waals surface area contributed by atoms with Crippen LogP contribution in [0.2, 0.25) is 0 Å². The Labute approximate surface area is 103 Å². The van der Waals surface area contributed by atoms with Gasteiger partial charge in [0.05, 0.1) is 0 Å². The molecule has 0 aliphatic carbocycles. The van der Waals surface area contributed by atoms with Crippen LogP contribution in [-0.2, 0) is 15.3 Å². The highest BCUT2D eigenvalue weighted by atomic mass is 32.2. The van der Waals surface area contributed by atoms with E-state index < -0.39 is 34.6 Å². The van der Waals surface area contributed by atoms with Crippen molar-refractivity contribution >= 4 is 22.5 Å². The van der Waals surface area contributed by atoms with E-state index in [9.17, 15) is 18.0 Å². The van der Waals surface area contributed by atoms with E-state index in [0.29, 0.717) is 0 Å². The molecule has 0 radical (unpaired) electrons. The van der Waals surface area contributed by atoms with Gasteiger partial charge >= 0.3 is 22.5 Å². The Morgan fingerprint density at radius 1 is 1.33 bits per heavy atom. The summed E-state index contributed by atoms with van der Waals surface area (Å²) in [4.78, 5) is 22.1. The second kappa shape index (κ2) is 6.12. The number of carbonyl (C=O) groups excluding carboxylic acids is 1. The lowest BCUT2D eigenvalue weighted by Crippen LogP contribution is -2.54. The normalized spacial score (nSPS) is 23.1. The van der Waals surface area contributed by atoms with Crippen molar-refractivity contribution in [1.29, 1.82) is 0 Å². The predicted octanol–water partition coefficient (Wildman–Crippen LogP) is -1.47. The first-order valence-corrected chi connectivity index (χ1v) is 5.95. The zero-order chi connectivity index (χ0) is 13.7. The van der Waals surface area contributed by atoms with Crippen molar-refractivity contribution in [3.63, 3.8) is 0 Å². The van der Waals surface area contributed by atoms with Gasteiger partial charge in [0.2, 0.25) is 0 Å². The smallest absolute Gasteiger partial charge is 0.459 e. The summed E-state index contributed by atoms with van der Waals surface area (Å²) in [6.07, 6.45) is 1.81. The molecule has 1 aliphatic rings. The largest absolute Gasteiger partial charge is 0.465 e. The van der Waals surface area contributed by atoms with Crippen molar-refractivity contribution in [2.24, 2.45) is 0 Å². The fourth-order valence-corrected chi connectivity index (χ4v) is 2.33. The number of hydrogen-bond donors (Lipinski definition) is 4. The average molecular weight is 278 g/mol. The molecule has 0 bridgehead atoms. The molecule has 18 heavy (non-hydrogen) atoms. The van der Waals surface area contributed by atoms with Gasteiger partial charge in [-0.05, 0) is 12.5 Å². The Balaban J connectivity index is 3.20. The summed E-state index contributed by atoms with van der Waals surface area (Å²) < 4.78 is 22.8.